The van der Waals surface area contributed by atoms with Gasteiger partial charge in [0.15, 0.2) is 0 Å². The van der Waals surface area contributed by atoms with E-state index in [1.165, 1.54) is 4.90 Å². The quantitative estimate of drug-likeness (QED) is 0.676. The van der Waals surface area contributed by atoms with Crippen LogP contribution < -0.4 is 5.32 Å². The van der Waals surface area contributed by atoms with Crippen molar-refractivity contribution in [2.45, 2.75) is 32.7 Å². The normalized spacial score (nSPS) is 12.3. The van der Waals surface area contributed by atoms with Crippen LogP contribution in [0, 0.1) is 0 Å². The van der Waals surface area contributed by atoms with Gasteiger partial charge in [-0.15, -0.1) is 0 Å². The molecule has 0 aliphatic rings. The summed E-state index contributed by atoms with van der Waals surface area (Å²) in [4.78, 5) is 24.3. The highest BCUT2D eigenvalue weighted by Gasteiger charge is 2.19. The van der Waals surface area contributed by atoms with Gasteiger partial charge in [0, 0.05) is 26.9 Å². The smallest absolute Gasteiger partial charge is 0.224 e. The van der Waals surface area contributed by atoms with Gasteiger partial charge in [0.05, 0.1) is 6.04 Å². The second kappa shape index (κ2) is 6.54. The lowest BCUT2D eigenvalue weighted by Gasteiger charge is -2.17. The fraction of sp³-hybridized carbons (Fsp3) is 0.800. The van der Waals surface area contributed by atoms with Crippen LogP contribution in [0.15, 0.2) is 0 Å². The third kappa shape index (κ3) is 4.37. The van der Waals surface area contributed by atoms with Crippen molar-refractivity contribution in [2.24, 2.45) is 0 Å². The molecule has 0 bridgehead atoms. The molecular formula is C10H20N2O2. The first-order valence-corrected chi connectivity index (χ1v) is 4.99. The molecule has 0 heterocycles. The van der Waals surface area contributed by atoms with E-state index >= 15 is 0 Å². The van der Waals surface area contributed by atoms with Crippen molar-refractivity contribution in [3.63, 3.8) is 0 Å². The Morgan fingerprint density at radius 3 is 2.21 bits per heavy atom. The summed E-state index contributed by atoms with van der Waals surface area (Å²) >= 11 is 0. The van der Waals surface area contributed by atoms with Crippen LogP contribution in [0.25, 0.3) is 0 Å². The highest BCUT2D eigenvalue weighted by atomic mass is 16.2. The van der Waals surface area contributed by atoms with Gasteiger partial charge in [0.25, 0.3) is 0 Å². The molecule has 0 aliphatic carbocycles. The van der Waals surface area contributed by atoms with Gasteiger partial charge in [-0.2, -0.15) is 0 Å². The summed E-state index contributed by atoms with van der Waals surface area (Å²) in [6, 6.07) is -0.320. The van der Waals surface area contributed by atoms with Crippen LogP contribution in [-0.4, -0.2) is 43.3 Å². The van der Waals surface area contributed by atoms with Gasteiger partial charge in [-0.1, -0.05) is 13.8 Å². The van der Waals surface area contributed by atoms with Crippen molar-refractivity contribution in [1.29, 1.82) is 0 Å². The Balaban J connectivity index is 4.22. The van der Waals surface area contributed by atoms with Gasteiger partial charge in [-0.05, 0) is 6.54 Å². The van der Waals surface area contributed by atoms with E-state index < -0.39 is 0 Å². The number of carbonyl (C=O) groups is 2. The average Bonchev–Trinajstić information content (AvgIpc) is 2.15. The van der Waals surface area contributed by atoms with E-state index in [1.54, 1.807) is 14.1 Å². The van der Waals surface area contributed by atoms with Crippen molar-refractivity contribution in [1.82, 2.24) is 10.2 Å². The lowest BCUT2D eigenvalue weighted by molar-refractivity contribution is -0.132. The molecule has 0 aromatic rings. The topological polar surface area (TPSA) is 49.4 Å². The van der Waals surface area contributed by atoms with E-state index in [1.807, 2.05) is 13.8 Å². The van der Waals surface area contributed by atoms with Crippen molar-refractivity contribution in [3.8, 4) is 0 Å². The van der Waals surface area contributed by atoms with E-state index in [2.05, 4.69) is 5.32 Å². The minimum atomic E-state index is -0.320. The summed E-state index contributed by atoms with van der Waals surface area (Å²) < 4.78 is 0. The van der Waals surface area contributed by atoms with Gasteiger partial charge in [0.2, 0.25) is 5.91 Å². The molecule has 0 spiro atoms. The molecule has 14 heavy (non-hydrogen) atoms. The molecule has 0 saturated heterocycles. The molecule has 0 saturated carbocycles. The lowest BCUT2D eigenvalue weighted by Crippen LogP contribution is -2.40. The van der Waals surface area contributed by atoms with Crippen LogP contribution in [0.5, 0.6) is 0 Å². The van der Waals surface area contributed by atoms with Crippen molar-refractivity contribution in [3.05, 3.63) is 0 Å². The molecule has 1 atom stereocenters. The summed E-state index contributed by atoms with van der Waals surface area (Å²) in [6.45, 7) is 4.44. The second-order valence-electron chi connectivity index (χ2n) is 3.42. The van der Waals surface area contributed by atoms with Crippen molar-refractivity contribution in [2.75, 3.05) is 20.6 Å². The van der Waals surface area contributed by atoms with Crippen LogP contribution in [-0.2, 0) is 9.59 Å². The van der Waals surface area contributed by atoms with Gasteiger partial charge in [-0.3, -0.25) is 9.59 Å². The molecule has 0 fully saturated rings. The maximum Gasteiger partial charge on any atom is 0.224 e. The number of rotatable bonds is 6. The standard InChI is InChI=1S/C10H20N2O2/c1-5-9(13)8(11-6-2)7-10(14)12(3)4/h8,11H,5-7H2,1-4H3. The zero-order valence-corrected chi connectivity index (χ0v) is 9.46. The van der Waals surface area contributed by atoms with E-state index in [-0.39, 0.29) is 24.2 Å². The number of Topliss-reactive ketones (excluding diaryl/α,β-unsaturated/α-hetero) is 1. The maximum atomic E-state index is 11.4. The Hall–Kier alpha value is -0.900. The van der Waals surface area contributed by atoms with Gasteiger partial charge in [-0.25, -0.2) is 0 Å². The molecule has 0 aromatic carbocycles. The molecule has 1 N–H and O–H groups in total. The summed E-state index contributed by atoms with van der Waals surface area (Å²) in [5, 5.41) is 3.02. The summed E-state index contributed by atoms with van der Waals surface area (Å²) in [5.41, 5.74) is 0. The molecular weight excluding hydrogens is 180 g/mol. The third-order valence-corrected chi connectivity index (χ3v) is 2.07. The number of hydrogen-bond donors (Lipinski definition) is 1. The zero-order valence-electron chi connectivity index (χ0n) is 9.46. The van der Waals surface area contributed by atoms with Crippen LogP contribution in [0.4, 0.5) is 0 Å². The molecule has 0 aliphatic heterocycles. The van der Waals surface area contributed by atoms with E-state index in [9.17, 15) is 9.59 Å². The predicted molar refractivity (Wildman–Crippen MR) is 56.1 cm³/mol. The fourth-order valence-electron chi connectivity index (χ4n) is 1.15. The van der Waals surface area contributed by atoms with Crippen molar-refractivity contribution < 1.29 is 9.59 Å². The summed E-state index contributed by atoms with van der Waals surface area (Å²) in [5.74, 6) is 0.0831. The number of amides is 1. The number of nitrogens with one attached hydrogen (secondary N) is 1. The molecule has 1 unspecified atom stereocenters. The number of nitrogens with zero attached hydrogens (tertiary/aromatic N) is 1. The predicted octanol–water partition coefficient (Wildman–Crippen LogP) is 0.422. The molecule has 82 valence electrons. The van der Waals surface area contributed by atoms with Gasteiger partial charge in [0.1, 0.15) is 5.78 Å². The number of hydrogen-bond acceptors (Lipinski definition) is 3. The average molecular weight is 200 g/mol. The first kappa shape index (κ1) is 13.1. The monoisotopic (exact) mass is 200 g/mol. The summed E-state index contributed by atoms with van der Waals surface area (Å²) in [7, 11) is 3.39. The number of carbonyl (C=O) groups excluding carboxylic acids is 2. The van der Waals surface area contributed by atoms with E-state index in [0.717, 1.165) is 0 Å². The third-order valence-electron chi connectivity index (χ3n) is 2.07. The van der Waals surface area contributed by atoms with E-state index in [4.69, 9.17) is 0 Å². The van der Waals surface area contributed by atoms with E-state index in [0.29, 0.717) is 13.0 Å². The minimum absolute atomic E-state index is 0.0160. The van der Waals surface area contributed by atoms with Crippen LogP contribution >= 0.6 is 0 Å². The molecule has 0 rings (SSSR count). The Kier molecular flexibility index (Phi) is 6.12. The Morgan fingerprint density at radius 1 is 1.29 bits per heavy atom. The van der Waals surface area contributed by atoms with Gasteiger partial charge < -0.3 is 10.2 Å². The summed E-state index contributed by atoms with van der Waals surface area (Å²) in [6.07, 6.45) is 0.728. The van der Waals surface area contributed by atoms with Crippen LogP contribution in [0.1, 0.15) is 26.7 Å². The first-order valence-electron chi connectivity index (χ1n) is 4.99. The van der Waals surface area contributed by atoms with Gasteiger partial charge >= 0.3 is 0 Å². The largest absolute Gasteiger partial charge is 0.349 e. The minimum Gasteiger partial charge on any atom is -0.349 e. The van der Waals surface area contributed by atoms with Crippen LogP contribution in [0.3, 0.4) is 0 Å². The fourth-order valence-corrected chi connectivity index (χ4v) is 1.15. The maximum absolute atomic E-state index is 11.4. The van der Waals surface area contributed by atoms with Crippen molar-refractivity contribution >= 4 is 11.7 Å². The van der Waals surface area contributed by atoms with Crippen LogP contribution in [0.2, 0.25) is 0 Å². The Labute approximate surface area is 85.7 Å². The number of ketones is 1. The molecule has 4 nitrogen and oxygen atoms in total. The zero-order chi connectivity index (χ0) is 11.1. The number of likely N-dealkylation sites (N-methyl/N-ethyl adjacent to an activating group) is 1. The molecule has 4 heteroatoms. The molecule has 0 aromatic heterocycles. The lowest BCUT2D eigenvalue weighted by atomic mass is 10.1. The highest BCUT2D eigenvalue weighted by Crippen LogP contribution is 2.00. The Bertz CT molecular complexity index is 200. The Morgan fingerprint density at radius 2 is 1.86 bits per heavy atom. The SMILES string of the molecule is CCNC(CC(=O)N(C)C)C(=O)CC. The second-order valence-corrected chi connectivity index (χ2v) is 3.42. The highest BCUT2D eigenvalue weighted by molar-refractivity contribution is 5.89. The first-order chi connectivity index (χ1) is 6.52. The molecule has 0 radical (unpaired) electrons. The molecule has 1 amide bonds.